The molecule has 0 aliphatic carbocycles. The second-order valence-electron chi connectivity index (χ2n) is 1.50. The van der Waals surface area contributed by atoms with Crippen LogP contribution in [0.1, 0.15) is 0 Å². The maximum Gasteiger partial charge on any atom is 0.213 e. The van der Waals surface area contributed by atoms with Crippen molar-refractivity contribution in [3.05, 3.63) is 21.9 Å². The predicted octanol–water partition coefficient (Wildman–Crippen LogP) is 1.69. The van der Waals surface area contributed by atoms with E-state index in [2.05, 4.69) is 27.6 Å². The maximum atomic E-state index is 4.88. The molecule has 1 heterocycles. The minimum absolute atomic E-state index is 0.668. The lowest BCUT2D eigenvalue weighted by molar-refractivity contribution is 0.397. The Morgan fingerprint density at radius 3 is 2.78 bits per heavy atom. The average Bonchev–Trinajstić information content (AvgIpc) is 1.88. The number of rotatable bonds is 1. The van der Waals surface area contributed by atoms with E-state index in [9.17, 15) is 0 Å². The summed E-state index contributed by atoms with van der Waals surface area (Å²) < 4.78 is 5.83. The number of ether oxygens (including phenoxy) is 1. The van der Waals surface area contributed by atoms with Crippen LogP contribution in [0.4, 0.5) is 0 Å². The van der Waals surface area contributed by atoms with Crippen LogP contribution in [0, 0.1) is 3.70 Å². The summed E-state index contributed by atoms with van der Waals surface area (Å²) in [6.45, 7) is 0. The highest BCUT2D eigenvalue weighted by molar-refractivity contribution is 14.1. The third kappa shape index (κ3) is 1.82. The van der Waals surface area contributed by atoms with Crippen LogP contribution < -0.4 is 4.74 Å². The Kier molecular flexibility index (Phi) is 2.27. The number of hydrogen-bond donors (Lipinski definition) is 0. The van der Waals surface area contributed by atoms with Crippen LogP contribution in [0.3, 0.4) is 0 Å². The van der Waals surface area contributed by atoms with E-state index in [-0.39, 0.29) is 0 Å². The molecule has 0 saturated carbocycles. The van der Waals surface area contributed by atoms with Crippen molar-refractivity contribution in [1.82, 2.24) is 4.98 Å². The van der Waals surface area contributed by atoms with Gasteiger partial charge in [0.15, 0.2) is 0 Å². The third-order valence-corrected chi connectivity index (χ3v) is 1.50. The Morgan fingerprint density at radius 1 is 1.56 bits per heavy atom. The summed E-state index contributed by atoms with van der Waals surface area (Å²) >= 11 is 2.14. The van der Waals surface area contributed by atoms with Gasteiger partial charge >= 0.3 is 0 Å². The molecule has 0 fully saturated rings. The first kappa shape index (κ1) is 6.80. The van der Waals surface area contributed by atoms with Crippen LogP contribution in [0.2, 0.25) is 0 Å². The normalized spacial score (nSPS) is 9.11. The van der Waals surface area contributed by atoms with Crippen LogP contribution in [0.5, 0.6) is 5.88 Å². The topological polar surface area (TPSA) is 22.1 Å². The molecular weight excluding hydrogens is 229 g/mol. The molecule has 0 aliphatic rings. The summed E-state index contributed by atoms with van der Waals surface area (Å²) in [5.41, 5.74) is 0. The summed E-state index contributed by atoms with van der Waals surface area (Å²) in [4.78, 5) is 4.06. The Labute approximate surface area is 67.4 Å². The molecule has 0 spiro atoms. The highest BCUT2D eigenvalue weighted by Crippen LogP contribution is 2.07. The van der Waals surface area contributed by atoms with Crippen molar-refractivity contribution in [3.8, 4) is 5.88 Å². The molecule has 9 heavy (non-hydrogen) atoms. The Bertz CT molecular complexity index is 202. The zero-order valence-electron chi connectivity index (χ0n) is 4.97. The fourth-order valence-corrected chi connectivity index (χ4v) is 0.949. The first-order valence-electron chi connectivity index (χ1n) is 2.49. The van der Waals surface area contributed by atoms with Gasteiger partial charge in [-0.25, -0.2) is 4.98 Å². The molecule has 0 saturated heterocycles. The van der Waals surface area contributed by atoms with Crippen molar-refractivity contribution in [2.75, 3.05) is 7.11 Å². The molecule has 0 unspecified atom stereocenters. The molecule has 1 aromatic rings. The van der Waals surface area contributed by atoms with Gasteiger partial charge in [-0.1, -0.05) is 6.07 Å². The van der Waals surface area contributed by atoms with E-state index in [4.69, 9.17) is 4.74 Å². The summed E-state index contributed by atoms with van der Waals surface area (Å²) in [5.74, 6) is 0.668. The molecule has 1 aromatic heterocycles. The smallest absolute Gasteiger partial charge is 0.213 e. The second kappa shape index (κ2) is 3.00. The van der Waals surface area contributed by atoms with E-state index in [1.807, 2.05) is 18.2 Å². The molecule has 0 N–H and O–H groups in total. The number of halogens is 1. The Morgan fingerprint density at radius 2 is 2.33 bits per heavy atom. The summed E-state index contributed by atoms with van der Waals surface area (Å²) in [7, 11) is 1.61. The second-order valence-corrected chi connectivity index (χ2v) is 2.61. The minimum atomic E-state index is 0.668. The number of nitrogens with zero attached hydrogens (tertiary/aromatic N) is 1. The van der Waals surface area contributed by atoms with Crippen LogP contribution in [-0.4, -0.2) is 12.1 Å². The molecule has 0 bridgehead atoms. The molecule has 48 valence electrons. The molecule has 0 amide bonds. The van der Waals surface area contributed by atoms with Gasteiger partial charge in [0, 0.05) is 6.07 Å². The van der Waals surface area contributed by atoms with E-state index in [0.717, 1.165) is 3.70 Å². The maximum absolute atomic E-state index is 4.88. The lowest BCUT2D eigenvalue weighted by Crippen LogP contribution is -1.87. The lowest BCUT2D eigenvalue weighted by Gasteiger charge is -1.95. The van der Waals surface area contributed by atoms with E-state index >= 15 is 0 Å². The van der Waals surface area contributed by atoms with Gasteiger partial charge in [-0.3, -0.25) is 0 Å². The largest absolute Gasteiger partial charge is 0.481 e. The van der Waals surface area contributed by atoms with Crippen molar-refractivity contribution in [3.63, 3.8) is 0 Å². The monoisotopic (exact) mass is 235 g/mol. The van der Waals surface area contributed by atoms with Gasteiger partial charge in [0.1, 0.15) is 3.70 Å². The SMILES string of the molecule is COc1cccc(I)n1. The predicted molar refractivity (Wildman–Crippen MR) is 43.5 cm³/mol. The zero-order chi connectivity index (χ0) is 6.69. The first-order valence-corrected chi connectivity index (χ1v) is 3.57. The average molecular weight is 235 g/mol. The highest BCUT2D eigenvalue weighted by Gasteiger charge is 1.89. The Hall–Kier alpha value is -0.320. The molecule has 1 rings (SSSR count). The fraction of sp³-hybridized carbons (Fsp3) is 0.167. The standard InChI is InChI=1S/C6H6INO/c1-9-6-4-2-3-5(7)8-6/h2-4H,1H3. The van der Waals surface area contributed by atoms with Gasteiger partial charge < -0.3 is 4.74 Å². The lowest BCUT2D eigenvalue weighted by atomic mass is 10.5. The van der Waals surface area contributed by atoms with Crippen LogP contribution in [0.25, 0.3) is 0 Å². The zero-order valence-corrected chi connectivity index (χ0v) is 7.12. The summed E-state index contributed by atoms with van der Waals surface area (Å²) in [6, 6.07) is 5.65. The van der Waals surface area contributed by atoms with Crippen molar-refractivity contribution in [1.29, 1.82) is 0 Å². The first-order chi connectivity index (χ1) is 4.33. The molecule has 0 radical (unpaired) electrons. The van der Waals surface area contributed by atoms with E-state index < -0.39 is 0 Å². The van der Waals surface area contributed by atoms with Crippen molar-refractivity contribution >= 4 is 22.6 Å². The molecule has 3 heteroatoms. The van der Waals surface area contributed by atoms with Gasteiger partial charge in [-0.15, -0.1) is 0 Å². The molecular formula is C6H6INO. The Balaban J connectivity index is 2.94. The number of methoxy groups -OCH3 is 1. The fourth-order valence-electron chi connectivity index (χ4n) is 0.503. The molecule has 0 aromatic carbocycles. The van der Waals surface area contributed by atoms with Gasteiger partial charge in [-0.2, -0.15) is 0 Å². The van der Waals surface area contributed by atoms with Crippen LogP contribution in [0.15, 0.2) is 18.2 Å². The van der Waals surface area contributed by atoms with E-state index in [1.54, 1.807) is 7.11 Å². The van der Waals surface area contributed by atoms with Gasteiger partial charge in [0.25, 0.3) is 0 Å². The van der Waals surface area contributed by atoms with Gasteiger partial charge in [0.2, 0.25) is 5.88 Å². The van der Waals surface area contributed by atoms with E-state index in [1.165, 1.54) is 0 Å². The van der Waals surface area contributed by atoms with Crippen molar-refractivity contribution in [2.24, 2.45) is 0 Å². The van der Waals surface area contributed by atoms with Crippen LogP contribution in [-0.2, 0) is 0 Å². The summed E-state index contributed by atoms with van der Waals surface area (Å²) in [5, 5.41) is 0. The third-order valence-electron chi connectivity index (χ3n) is 0.899. The van der Waals surface area contributed by atoms with Crippen LogP contribution >= 0.6 is 22.6 Å². The number of aromatic nitrogens is 1. The molecule has 0 aliphatic heterocycles. The number of hydrogen-bond acceptors (Lipinski definition) is 2. The summed E-state index contributed by atoms with van der Waals surface area (Å²) in [6.07, 6.45) is 0. The van der Waals surface area contributed by atoms with Gasteiger partial charge in [-0.05, 0) is 28.7 Å². The van der Waals surface area contributed by atoms with E-state index in [0.29, 0.717) is 5.88 Å². The van der Waals surface area contributed by atoms with Crippen molar-refractivity contribution in [2.45, 2.75) is 0 Å². The van der Waals surface area contributed by atoms with Crippen molar-refractivity contribution < 1.29 is 4.74 Å². The quantitative estimate of drug-likeness (QED) is 0.545. The molecule has 2 nitrogen and oxygen atoms in total. The molecule has 0 atom stereocenters. The minimum Gasteiger partial charge on any atom is -0.481 e. The van der Waals surface area contributed by atoms with Gasteiger partial charge in [0.05, 0.1) is 7.11 Å². The highest BCUT2D eigenvalue weighted by atomic mass is 127. The number of pyridine rings is 1.